The van der Waals surface area contributed by atoms with E-state index in [0.29, 0.717) is 11.3 Å². The van der Waals surface area contributed by atoms with Crippen molar-refractivity contribution in [1.82, 2.24) is 0 Å². The number of aliphatic imine (C=N–C) groups is 1. The van der Waals surface area contributed by atoms with Gasteiger partial charge in [-0.15, -0.1) is 0 Å². The van der Waals surface area contributed by atoms with E-state index in [1.54, 1.807) is 37.3 Å². The van der Waals surface area contributed by atoms with Gasteiger partial charge < -0.3 is 19.7 Å². The molecule has 0 amide bonds. The lowest BCUT2D eigenvalue weighted by Crippen LogP contribution is -2.02. The monoisotopic (exact) mass is 394 g/mol. The SMILES string of the molecule is C=N/C(=C\c1ccc(O)cc1)C(=O)OC.COc1cc(C=C(C)C#N)ccc1O. The molecule has 0 fully saturated rings. The van der Waals surface area contributed by atoms with Crippen molar-refractivity contribution < 1.29 is 24.5 Å². The van der Waals surface area contributed by atoms with Crippen LogP contribution in [0, 0.1) is 11.3 Å². The van der Waals surface area contributed by atoms with Gasteiger partial charge in [0, 0.05) is 5.57 Å². The van der Waals surface area contributed by atoms with E-state index in [1.165, 1.54) is 38.5 Å². The van der Waals surface area contributed by atoms with Crippen LogP contribution in [0.2, 0.25) is 0 Å². The van der Waals surface area contributed by atoms with E-state index in [4.69, 9.17) is 15.1 Å². The summed E-state index contributed by atoms with van der Waals surface area (Å²) in [5.74, 6) is 0.125. The third-order valence-corrected chi connectivity index (χ3v) is 3.52. The summed E-state index contributed by atoms with van der Waals surface area (Å²) in [5.41, 5.74) is 2.31. The first-order valence-corrected chi connectivity index (χ1v) is 8.35. The Kier molecular flexibility index (Phi) is 9.21. The van der Waals surface area contributed by atoms with Crippen molar-refractivity contribution in [2.75, 3.05) is 14.2 Å². The maximum absolute atomic E-state index is 11.1. The van der Waals surface area contributed by atoms with E-state index in [0.717, 1.165) is 11.1 Å². The minimum atomic E-state index is -0.543. The molecule has 2 aromatic carbocycles. The number of hydrogen-bond acceptors (Lipinski definition) is 7. The van der Waals surface area contributed by atoms with E-state index in [-0.39, 0.29) is 17.2 Å². The second kappa shape index (κ2) is 11.6. The third kappa shape index (κ3) is 7.61. The minimum Gasteiger partial charge on any atom is -0.508 e. The van der Waals surface area contributed by atoms with Gasteiger partial charge in [0.05, 0.1) is 20.3 Å². The van der Waals surface area contributed by atoms with Crippen molar-refractivity contribution >= 4 is 24.8 Å². The highest BCUT2D eigenvalue weighted by Crippen LogP contribution is 2.27. The number of hydrogen-bond donors (Lipinski definition) is 2. The number of phenols is 2. The number of methoxy groups -OCH3 is 2. The van der Waals surface area contributed by atoms with Crippen LogP contribution in [-0.4, -0.2) is 37.1 Å². The van der Waals surface area contributed by atoms with Gasteiger partial charge in [-0.25, -0.2) is 4.79 Å². The summed E-state index contributed by atoms with van der Waals surface area (Å²) in [5, 5.41) is 26.9. The highest BCUT2D eigenvalue weighted by Gasteiger charge is 2.06. The van der Waals surface area contributed by atoms with Crippen LogP contribution >= 0.6 is 0 Å². The highest BCUT2D eigenvalue weighted by atomic mass is 16.5. The van der Waals surface area contributed by atoms with Crippen LogP contribution in [0.25, 0.3) is 12.2 Å². The number of benzene rings is 2. The van der Waals surface area contributed by atoms with E-state index >= 15 is 0 Å². The fraction of sp³-hybridized carbons (Fsp3) is 0.136. The Morgan fingerprint density at radius 3 is 2.24 bits per heavy atom. The zero-order chi connectivity index (χ0) is 21.8. The van der Waals surface area contributed by atoms with Gasteiger partial charge in [0.1, 0.15) is 11.4 Å². The summed E-state index contributed by atoms with van der Waals surface area (Å²) in [4.78, 5) is 14.7. The number of aromatic hydroxyl groups is 2. The molecule has 2 N–H and O–H groups in total. The average molecular weight is 394 g/mol. The van der Waals surface area contributed by atoms with Crippen LogP contribution in [0.1, 0.15) is 18.1 Å². The Bertz CT molecular complexity index is 954. The smallest absolute Gasteiger partial charge is 0.356 e. The van der Waals surface area contributed by atoms with Crippen molar-refractivity contribution in [1.29, 1.82) is 5.26 Å². The summed E-state index contributed by atoms with van der Waals surface area (Å²) in [7, 11) is 2.76. The molecule has 0 heterocycles. The van der Waals surface area contributed by atoms with Crippen molar-refractivity contribution in [3.8, 4) is 23.3 Å². The average Bonchev–Trinajstić information content (AvgIpc) is 2.74. The van der Waals surface area contributed by atoms with Gasteiger partial charge in [0.2, 0.25) is 0 Å². The number of ether oxygens (including phenoxy) is 2. The van der Waals surface area contributed by atoms with Crippen molar-refractivity contribution in [2.45, 2.75) is 6.92 Å². The van der Waals surface area contributed by atoms with Crippen LogP contribution in [-0.2, 0) is 9.53 Å². The Morgan fingerprint density at radius 1 is 1.10 bits per heavy atom. The van der Waals surface area contributed by atoms with Gasteiger partial charge in [-0.3, -0.25) is 4.99 Å². The number of nitrogens with zero attached hydrogens (tertiary/aromatic N) is 2. The molecule has 150 valence electrons. The summed E-state index contributed by atoms with van der Waals surface area (Å²) in [6.07, 6.45) is 3.25. The molecule has 0 saturated heterocycles. The molecule has 0 unspecified atom stereocenters. The van der Waals surface area contributed by atoms with Crippen molar-refractivity contribution in [3.05, 3.63) is 64.9 Å². The predicted octanol–water partition coefficient (Wildman–Crippen LogP) is 3.93. The summed E-state index contributed by atoms with van der Waals surface area (Å²) in [6, 6.07) is 13.3. The molecule has 2 rings (SSSR count). The van der Waals surface area contributed by atoms with Crippen LogP contribution < -0.4 is 4.74 Å². The van der Waals surface area contributed by atoms with Crippen LogP contribution in [0.4, 0.5) is 0 Å². The minimum absolute atomic E-state index is 0.0965. The summed E-state index contributed by atoms with van der Waals surface area (Å²) < 4.78 is 9.45. The van der Waals surface area contributed by atoms with E-state index in [1.807, 2.05) is 6.07 Å². The first-order chi connectivity index (χ1) is 13.8. The number of rotatable bonds is 5. The lowest BCUT2D eigenvalue weighted by Gasteiger charge is -2.03. The third-order valence-electron chi connectivity index (χ3n) is 3.52. The van der Waals surface area contributed by atoms with E-state index < -0.39 is 5.97 Å². The number of carbonyl (C=O) groups excluding carboxylic acids is 1. The lowest BCUT2D eigenvalue weighted by molar-refractivity contribution is -0.136. The lowest BCUT2D eigenvalue weighted by atomic mass is 10.1. The van der Waals surface area contributed by atoms with Crippen molar-refractivity contribution in [3.63, 3.8) is 0 Å². The number of esters is 1. The molecule has 0 aliphatic carbocycles. The summed E-state index contributed by atoms with van der Waals surface area (Å²) in [6.45, 7) is 5.00. The molecular weight excluding hydrogens is 372 g/mol. The number of phenolic OH excluding ortho intramolecular Hbond substituents is 2. The van der Waals surface area contributed by atoms with Crippen LogP contribution in [0.5, 0.6) is 17.2 Å². The molecule has 7 heteroatoms. The maximum Gasteiger partial charge on any atom is 0.356 e. The maximum atomic E-state index is 11.1. The van der Waals surface area contributed by atoms with Gasteiger partial charge in [0.15, 0.2) is 11.5 Å². The van der Waals surface area contributed by atoms with Crippen LogP contribution in [0.3, 0.4) is 0 Å². The molecule has 2 aromatic rings. The Labute approximate surface area is 169 Å². The Morgan fingerprint density at radius 2 is 1.72 bits per heavy atom. The number of nitriles is 1. The van der Waals surface area contributed by atoms with Gasteiger partial charge in [-0.05, 0) is 61.2 Å². The van der Waals surface area contributed by atoms with Crippen LogP contribution in [0.15, 0.2) is 58.7 Å². The highest BCUT2D eigenvalue weighted by molar-refractivity contribution is 5.93. The van der Waals surface area contributed by atoms with Gasteiger partial charge in [0.25, 0.3) is 0 Å². The number of allylic oxidation sites excluding steroid dienone is 1. The second-order valence-electron chi connectivity index (χ2n) is 5.64. The molecule has 0 spiro atoms. The molecular formula is C22H22N2O5. The second-order valence-corrected chi connectivity index (χ2v) is 5.64. The Balaban J connectivity index is 0.000000291. The first kappa shape index (κ1) is 23.0. The van der Waals surface area contributed by atoms with Gasteiger partial charge in [-0.1, -0.05) is 18.2 Å². The summed E-state index contributed by atoms with van der Waals surface area (Å²) >= 11 is 0. The molecule has 0 atom stereocenters. The molecule has 0 aromatic heterocycles. The molecule has 0 aliphatic rings. The first-order valence-electron chi connectivity index (χ1n) is 8.35. The molecule has 0 bridgehead atoms. The molecule has 0 radical (unpaired) electrons. The largest absolute Gasteiger partial charge is 0.508 e. The fourth-order valence-electron chi connectivity index (χ4n) is 2.07. The standard InChI is InChI=1S/C11H11NO3.C11H11NO2/c1-12-10(11(14)15-2)7-8-3-5-9(13)6-4-8;1-8(7-12)5-9-3-4-10(13)11(6-9)14-2/h3-7,13H,1H2,2H3;3-6,13H,1-2H3/b10-7-;. The molecule has 29 heavy (non-hydrogen) atoms. The quantitative estimate of drug-likeness (QED) is 0.344. The van der Waals surface area contributed by atoms with E-state index in [2.05, 4.69) is 16.4 Å². The zero-order valence-corrected chi connectivity index (χ0v) is 16.4. The van der Waals surface area contributed by atoms with Gasteiger partial charge >= 0.3 is 5.97 Å². The number of carbonyl (C=O) groups is 1. The van der Waals surface area contributed by atoms with E-state index in [9.17, 15) is 9.90 Å². The molecule has 0 aliphatic heterocycles. The fourth-order valence-corrected chi connectivity index (χ4v) is 2.07. The normalized spacial score (nSPS) is 10.8. The zero-order valence-electron chi connectivity index (χ0n) is 16.4. The molecule has 7 nitrogen and oxygen atoms in total. The van der Waals surface area contributed by atoms with Crippen molar-refractivity contribution in [2.24, 2.45) is 4.99 Å². The topological polar surface area (TPSA) is 112 Å². The Hall–Kier alpha value is -4.05. The van der Waals surface area contributed by atoms with Gasteiger partial charge in [-0.2, -0.15) is 5.26 Å². The predicted molar refractivity (Wildman–Crippen MR) is 112 cm³/mol. The molecule has 0 saturated carbocycles.